The Kier molecular flexibility index (Phi) is 3.65. The van der Waals surface area contributed by atoms with Crippen LogP contribution in [0.2, 0.25) is 0 Å². The summed E-state index contributed by atoms with van der Waals surface area (Å²) in [4.78, 5) is 0. The van der Waals surface area contributed by atoms with Gasteiger partial charge in [0.1, 0.15) is 5.67 Å². The second-order valence-corrected chi connectivity index (χ2v) is 5.53. The number of piperidine rings is 1. The van der Waals surface area contributed by atoms with Crippen LogP contribution in [0.15, 0.2) is 28.7 Å². The fraction of sp³-hybridized carbons (Fsp3) is 0.538. The van der Waals surface area contributed by atoms with E-state index in [0.717, 1.165) is 36.0 Å². The van der Waals surface area contributed by atoms with Gasteiger partial charge in [0.2, 0.25) is 0 Å². The van der Waals surface area contributed by atoms with Gasteiger partial charge in [-0.1, -0.05) is 28.1 Å². The number of hydrogen-bond donors (Lipinski definition) is 1. The zero-order valence-corrected chi connectivity index (χ0v) is 11.1. The molecule has 0 aromatic heterocycles. The van der Waals surface area contributed by atoms with E-state index in [2.05, 4.69) is 21.2 Å². The summed E-state index contributed by atoms with van der Waals surface area (Å²) < 4.78 is 15.8. The van der Waals surface area contributed by atoms with Crippen LogP contribution in [0.1, 0.15) is 25.3 Å². The fourth-order valence-electron chi connectivity index (χ4n) is 2.39. The Bertz CT molecular complexity index is 359. The lowest BCUT2D eigenvalue weighted by Gasteiger charge is -2.34. The third kappa shape index (κ3) is 2.46. The van der Waals surface area contributed by atoms with Crippen LogP contribution in [0.4, 0.5) is 4.39 Å². The summed E-state index contributed by atoms with van der Waals surface area (Å²) in [5.74, 6) is 0.128. The maximum Gasteiger partial charge on any atom is 0.136 e. The van der Waals surface area contributed by atoms with Gasteiger partial charge in [-0.3, -0.25) is 0 Å². The highest BCUT2D eigenvalue weighted by Gasteiger charge is 2.36. The molecule has 0 saturated carbocycles. The Hall–Kier alpha value is -0.410. The second-order valence-electron chi connectivity index (χ2n) is 4.61. The lowest BCUT2D eigenvalue weighted by Crippen LogP contribution is -2.37. The maximum atomic E-state index is 14.8. The molecule has 0 bridgehead atoms. The molecule has 1 fully saturated rings. The SMILES string of the molecule is CC(F)(c1cccc(Br)c1)C1CCNCC1. The van der Waals surface area contributed by atoms with Crippen molar-refractivity contribution in [1.82, 2.24) is 5.32 Å². The van der Waals surface area contributed by atoms with Crippen LogP contribution in [0.3, 0.4) is 0 Å². The van der Waals surface area contributed by atoms with Crippen LogP contribution in [0, 0.1) is 5.92 Å². The number of hydrogen-bond acceptors (Lipinski definition) is 1. The summed E-state index contributed by atoms with van der Waals surface area (Å²) in [6.07, 6.45) is 1.83. The molecule has 1 atom stereocenters. The zero-order chi connectivity index (χ0) is 11.6. The Morgan fingerprint density at radius 2 is 2.06 bits per heavy atom. The normalized spacial score (nSPS) is 21.7. The first-order chi connectivity index (χ1) is 7.60. The molecule has 1 nitrogen and oxygen atoms in total. The average molecular weight is 286 g/mol. The van der Waals surface area contributed by atoms with Crippen LogP contribution in [0.25, 0.3) is 0 Å². The molecule has 0 amide bonds. The van der Waals surface area contributed by atoms with E-state index in [4.69, 9.17) is 0 Å². The van der Waals surface area contributed by atoms with Gasteiger partial charge in [-0.05, 0) is 56.5 Å². The van der Waals surface area contributed by atoms with Crippen molar-refractivity contribution >= 4 is 15.9 Å². The summed E-state index contributed by atoms with van der Waals surface area (Å²) >= 11 is 3.40. The number of halogens is 2. The lowest BCUT2D eigenvalue weighted by atomic mass is 9.79. The van der Waals surface area contributed by atoms with Crippen molar-refractivity contribution < 1.29 is 4.39 Å². The van der Waals surface area contributed by atoms with Crippen molar-refractivity contribution in [2.24, 2.45) is 5.92 Å². The lowest BCUT2D eigenvalue weighted by molar-refractivity contribution is 0.0772. The molecule has 1 saturated heterocycles. The number of rotatable bonds is 2. The highest BCUT2D eigenvalue weighted by atomic mass is 79.9. The zero-order valence-electron chi connectivity index (χ0n) is 9.47. The van der Waals surface area contributed by atoms with Crippen LogP contribution < -0.4 is 5.32 Å². The average Bonchev–Trinajstić information content (AvgIpc) is 2.30. The molecule has 3 heteroatoms. The summed E-state index contributed by atoms with van der Waals surface area (Å²) in [6.45, 7) is 3.57. The van der Waals surface area contributed by atoms with Crippen molar-refractivity contribution in [3.63, 3.8) is 0 Å². The van der Waals surface area contributed by atoms with E-state index >= 15 is 0 Å². The van der Waals surface area contributed by atoms with Crippen LogP contribution >= 0.6 is 15.9 Å². The molecule has 0 radical (unpaired) electrons. The molecule has 88 valence electrons. The molecule has 0 spiro atoms. The topological polar surface area (TPSA) is 12.0 Å². The fourth-order valence-corrected chi connectivity index (χ4v) is 2.79. The molecule has 16 heavy (non-hydrogen) atoms. The predicted molar refractivity (Wildman–Crippen MR) is 68.2 cm³/mol. The van der Waals surface area contributed by atoms with Crippen molar-refractivity contribution in [3.8, 4) is 0 Å². The first-order valence-electron chi connectivity index (χ1n) is 5.76. The standard InChI is InChI=1S/C13H17BrFN/c1-13(15,10-5-7-16-8-6-10)11-3-2-4-12(14)9-11/h2-4,9-10,16H,5-8H2,1H3. The Labute approximate surface area is 105 Å². The van der Waals surface area contributed by atoms with Gasteiger partial charge in [0, 0.05) is 4.47 Å². The smallest absolute Gasteiger partial charge is 0.136 e. The maximum absolute atomic E-state index is 14.8. The molecular formula is C13H17BrFN. The summed E-state index contributed by atoms with van der Waals surface area (Å²) in [6, 6.07) is 7.61. The van der Waals surface area contributed by atoms with E-state index in [1.807, 2.05) is 24.3 Å². The summed E-state index contributed by atoms with van der Waals surface area (Å²) in [5.41, 5.74) is -0.430. The molecule has 1 heterocycles. The number of alkyl halides is 1. The van der Waals surface area contributed by atoms with Gasteiger partial charge >= 0.3 is 0 Å². The molecule has 1 aromatic carbocycles. The minimum atomic E-state index is -1.22. The Balaban J connectivity index is 2.22. The van der Waals surface area contributed by atoms with Crippen molar-refractivity contribution in [2.75, 3.05) is 13.1 Å². The van der Waals surface area contributed by atoms with Gasteiger partial charge in [-0.25, -0.2) is 4.39 Å². The highest BCUT2D eigenvalue weighted by Crippen LogP contribution is 2.39. The number of benzene rings is 1. The van der Waals surface area contributed by atoms with E-state index in [1.165, 1.54) is 0 Å². The van der Waals surface area contributed by atoms with Crippen LogP contribution in [-0.2, 0) is 5.67 Å². The summed E-state index contributed by atoms with van der Waals surface area (Å²) in [7, 11) is 0. The van der Waals surface area contributed by atoms with Gasteiger partial charge in [-0.15, -0.1) is 0 Å². The monoisotopic (exact) mass is 285 g/mol. The third-order valence-corrected chi connectivity index (χ3v) is 3.99. The van der Waals surface area contributed by atoms with Crippen molar-refractivity contribution in [2.45, 2.75) is 25.4 Å². The van der Waals surface area contributed by atoms with E-state index in [0.29, 0.717) is 0 Å². The summed E-state index contributed by atoms with van der Waals surface area (Å²) in [5, 5.41) is 3.27. The third-order valence-electron chi connectivity index (χ3n) is 3.49. The molecule has 1 aliphatic heterocycles. The van der Waals surface area contributed by atoms with Gasteiger partial charge < -0.3 is 5.32 Å². The van der Waals surface area contributed by atoms with Gasteiger partial charge in [0.25, 0.3) is 0 Å². The van der Waals surface area contributed by atoms with E-state index in [9.17, 15) is 4.39 Å². The molecule has 1 aliphatic rings. The van der Waals surface area contributed by atoms with Crippen molar-refractivity contribution in [1.29, 1.82) is 0 Å². The molecular weight excluding hydrogens is 269 g/mol. The molecule has 1 aromatic rings. The molecule has 1 unspecified atom stereocenters. The first kappa shape index (κ1) is 12.1. The van der Waals surface area contributed by atoms with E-state index < -0.39 is 5.67 Å². The molecule has 0 aliphatic carbocycles. The first-order valence-corrected chi connectivity index (χ1v) is 6.55. The van der Waals surface area contributed by atoms with Gasteiger partial charge in [0.05, 0.1) is 0 Å². The largest absolute Gasteiger partial charge is 0.317 e. The van der Waals surface area contributed by atoms with E-state index in [-0.39, 0.29) is 5.92 Å². The number of nitrogens with one attached hydrogen (secondary N) is 1. The van der Waals surface area contributed by atoms with Crippen LogP contribution in [-0.4, -0.2) is 13.1 Å². The van der Waals surface area contributed by atoms with Gasteiger partial charge in [0.15, 0.2) is 0 Å². The molecule has 2 rings (SSSR count). The second kappa shape index (κ2) is 4.84. The van der Waals surface area contributed by atoms with Crippen molar-refractivity contribution in [3.05, 3.63) is 34.3 Å². The quantitative estimate of drug-likeness (QED) is 0.875. The minimum absolute atomic E-state index is 0.128. The predicted octanol–water partition coefficient (Wildman–Crippen LogP) is 3.63. The van der Waals surface area contributed by atoms with Gasteiger partial charge in [-0.2, -0.15) is 0 Å². The van der Waals surface area contributed by atoms with Crippen LogP contribution in [0.5, 0.6) is 0 Å². The Morgan fingerprint density at radius 1 is 1.38 bits per heavy atom. The Morgan fingerprint density at radius 3 is 2.69 bits per heavy atom. The van der Waals surface area contributed by atoms with E-state index in [1.54, 1.807) is 6.92 Å². The molecule has 1 N–H and O–H groups in total. The minimum Gasteiger partial charge on any atom is -0.317 e. The highest BCUT2D eigenvalue weighted by molar-refractivity contribution is 9.10.